The Labute approximate surface area is 147 Å². The van der Waals surface area contributed by atoms with E-state index in [0.717, 1.165) is 38.0 Å². The monoisotopic (exact) mass is 331 g/mol. The van der Waals surface area contributed by atoms with Crippen LogP contribution in [0.2, 0.25) is 0 Å². The van der Waals surface area contributed by atoms with E-state index in [1.165, 1.54) is 37.7 Å². The SMILES string of the molecule is CCCCN(C)C(=NCc1ccnc(N2CCCCC2)c1)NCC. The van der Waals surface area contributed by atoms with Crippen LogP contribution in [-0.2, 0) is 6.54 Å². The van der Waals surface area contributed by atoms with Crippen molar-refractivity contribution in [2.75, 3.05) is 38.1 Å². The molecule has 2 rings (SSSR count). The summed E-state index contributed by atoms with van der Waals surface area (Å²) >= 11 is 0. The van der Waals surface area contributed by atoms with Gasteiger partial charge in [0.1, 0.15) is 5.82 Å². The van der Waals surface area contributed by atoms with Gasteiger partial charge >= 0.3 is 0 Å². The zero-order chi connectivity index (χ0) is 17.2. The lowest BCUT2D eigenvalue weighted by molar-refractivity contribution is 0.465. The second kappa shape index (κ2) is 10.2. The molecule has 0 atom stereocenters. The van der Waals surface area contributed by atoms with E-state index in [4.69, 9.17) is 4.99 Å². The predicted molar refractivity (Wildman–Crippen MR) is 103 cm³/mol. The van der Waals surface area contributed by atoms with Gasteiger partial charge in [-0.05, 0) is 50.3 Å². The molecule has 5 nitrogen and oxygen atoms in total. The number of piperidine rings is 1. The van der Waals surface area contributed by atoms with Crippen molar-refractivity contribution in [2.45, 2.75) is 52.5 Å². The summed E-state index contributed by atoms with van der Waals surface area (Å²) in [5, 5.41) is 3.39. The Morgan fingerprint density at radius 2 is 2.08 bits per heavy atom. The molecule has 5 heteroatoms. The summed E-state index contributed by atoms with van der Waals surface area (Å²) in [5.41, 5.74) is 1.23. The van der Waals surface area contributed by atoms with Crippen LogP contribution in [0, 0.1) is 0 Å². The first-order valence-electron chi connectivity index (χ1n) is 9.44. The molecule has 24 heavy (non-hydrogen) atoms. The van der Waals surface area contributed by atoms with E-state index in [-0.39, 0.29) is 0 Å². The molecule has 1 aliphatic rings. The van der Waals surface area contributed by atoms with E-state index in [2.05, 4.69) is 53.1 Å². The molecule has 1 aromatic heterocycles. The quantitative estimate of drug-likeness (QED) is 0.615. The summed E-state index contributed by atoms with van der Waals surface area (Å²) in [4.78, 5) is 14.0. The van der Waals surface area contributed by atoms with Gasteiger partial charge in [-0.15, -0.1) is 0 Å². The number of aliphatic imine (C=N–C) groups is 1. The number of hydrogen-bond acceptors (Lipinski definition) is 3. The van der Waals surface area contributed by atoms with Gasteiger partial charge in [0, 0.05) is 39.4 Å². The minimum Gasteiger partial charge on any atom is -0.357 e. The van der Waals surface area contributed by atoms with Crippen molar-refractivity contribution in [3.63, 3.8) is 0 Å². The Kier molecular flexibility index (Phi) is 7.86. The number of nitrogens with one attached hydrogen (secondary N) is 1. The Morgan fingerprint density at radius 1 is 1.29 bits per heavy atom. The normalized spacial score (nSPS) is 15.5. The maximum atomic E-state index is 4.81. The number of hydrogen-bond donors (Lipinski definition) is 1. The minimum atomic E-state index is 0.697. The first-order chi connectivity index (χ1) is 11.7. The smallest absolute Gasteiger partial charge is 0.193 e. The molecular formula is C19H33N5. The Bertz CT molecular complexity index is 508. The van der Waals surface area contributed by atoms with Crippen molar-refractivity contribution >= 4 is 11.8 Å². The molecule has 0 saturated carbocycles. The van der Waals surface area contributed by atoms with E-state index < -0.39 is 0 Å². The molecule has 0 aliphatic carbocycles. The third-order valence-electron chi connectivity index (χ3n) is 4.44. The number of rotatable bonds is 7. The average molecular weight is 332 g/mol. The topological polar surface area (TPSA) is 43.8 Å². The van der Waals surface area contributed by atoms with E-state index in [1.807, 2.05) is 6.20 Å². The number of aromatic nitrogens is 1. The van der Waals surface area contributed by atoms with Crippen LogP contribution in [0.1, 0.15) is 51.5 Å². The third-order valence-corrected chi connectivity index (χ3v) is 4.44. The molecule has 1 fully saturated rings. The number of pyridine rings is 1. The van der Waals surface area contributed by atoms with Crippen molar-refractivity contribution < 1.29 is 0 Å². The van der Waals surface area contributed by atoms with E-state index in [0.29, 0.717) is 6.54 Å². The maximum absolute atomic E-state index is 4.81. The number of unbranched alkanes of at least 4 members (excludes halogenated alkanes) is 1. The summed E-state index contributed by atoms with van der Waals surface area (Å²) in [7, 11) is 2.11. The largest absolute Gasteiger partial charge is 0.357 e. The third kappa shape index (κ3) is 5.69. The van der Waals surface area contributed by atoms with Gasteiger partial charge in [-0.2, -0.15) is 0 Å². The number of guanidine groups is 1. The van der Waals surface area contributed by atoms with Gasteiger partial charge in [0.25, 0.3) is 0 Å². The van der Waals surface area contributed by atoms with Crippen LogP contribution in [0.25, 0.3) is 0 Å². The van der Waals surface area contributed by atoms with Crippen LogP contribution >= 0.6 is 0 Å². The van der Waals surface area contributed by atoms with E-state index >= 15 is 0 Å². The molecule has 0 unspecified atom stereocenters. The number of nitrogens with zero attached hydrogens (tertiary/aromatic N) is 4. The molecule has 1 aliphatic heterocycles. The molecule has 2 heterocycles. The van der Waals surface area contributed by atoms with E-state index in [9.17, 15) is 0 Å². The van der Waals surface area contributed by atoms with Crippen LogP contribution in [0.3, 0.4) is 0 Å². The van der Waals surface area contributed by atoms with Gasteiger partial charge in [-0.25, -0.2) is 9.98 Å². The first-order valence-corrected chi connectivity index (χ1v) is 9.44. The highest BCUT2D eigenvalue weighted by Gasteiger charge is 2.12. The summed E-state index contributed by atoms with van der Waals surface area (Å²) in [6, 6.07) is 4.27. The lowest BCUT2D eigenvalue weighted by atomic mass is 10.1. The van der Waals surface area contributed by atoms with Gasteiger partial charge in [0.15, 0.2) is 5.96 Å². The number of anilines is 1. The van der Waals surface area contributed by atoms with Crippen LogP contribution in [-0.4, -0.2) is 49.1 Å². The molecule has 0 spiro atoms. The zero-order valence-electron chi connectivity index (χ0n) is 15.6. The summed E-state index contributed by atoms with van der Waals surface area (Å²) in [6.45, 7) is 9.22. The molecule has 1 aromatic rings. The Balaban J connectivity index is 2.01. The molecule has 0 radical (unpaired) electrons. The first kappa shape index (κ1) is 18.6. The molecule has 0 bridgehead atoms. The van der Waals surface area contributed by atoms with Crippen molar-refractivity contribution in [1.82, 2.24) is 15.2 Å². The molecule has 1 N–H and O–H groups in total. The van der Waals surface area contributed by atoms with Crippen LogP contribution < -0.4 is 10.2 Å². The van der Waals surface area contributed by atoms with Crippen molar-refractivity contribution in [1.29, 1.82) is 0 Å². The van der Waals surface area contributed by atoms with Crippen LogP contribution in [0.4, 0.5) is 5.82 Å². The highest BCUT2D eigenvalue weighted by molar-refractivity contribution is 5.79. The summed E-state index contributed by atoms with van der Waals surface area (Å²) in [5.74, 6) is 2.09. The lowest BCUT2D eigenvalue weighted by Gasteiger charge is -2.27. The van der Waals surface area contributed by atoms with Crippen molar-refractivity contribution in [2.24, 2.45) is 4.99 Å². The average Bonchev–Trinajstić information content (AvgIpc) is 2.64. The molecule has 1 saturated heterocycles. The van der Waals surface area contributed by atoms with Gasteiger partial charge in [0.2, 0.25) is 0 Å². The van der Waals surface area contributed by atoms with Gasteiger partial charge < -0.3 is 15.1 Å². The minimum absolute atomic E-state index is 0.697. The lowest BCUT2D eigenvalue weighted by Crippen LogP contribution is -2.39. The molecule has 134 valence electrons. The fourth-order valence-corrected chi connectivity index (χ4v) is 2.99. The second-order valence-corrected chi connectivity index (χ2v) is 6.52. The Hall–Kier alpha value is -1.78. The predicted octanol–water partition coefficient (Wildman–Crippen LogP) is 3.27. The standard InChI is InChI=1S/C19H33N5/c1-4-6-12-23(3)19(20-5-2)22-16-17-10-11-21-18(15-17)24-13-8-7-9-14-24/h10-11,15H,4-9,12-14,16H2,1-3H3,(H,20,22). The highest BCUT2D eigenvalue weighted by atomic mass is 15.3. The van der Waals surface area contributed by atoms with Crippen LogP contribution in [0.15, 0.2) is 23.3 Å². The summed E-state index contributed by atoms with van der Waals surface area (Å²) in [6.07, 6.45) is 8.20. The van der Waals surface area contributed by atoms with Crippen LogP contribution in [0.5, 0.6) is 0 Å². The maximum Gasteiger partial charge on any atom is 0.193 e. The zero-order valence-corrected chi connectivity index (χ0v) is 15.6. The van der Waals surface area contributed by atoms with E-state index in [1.54, 1.807) is 0 Å². The summed E-state index contributed by atoms with van der Waals surface area (Å²) < 4.78 is 0. The molecule has 0 aromatic carbocycles. The van der Waals surface area contributed by atoms with Gasteiger partial charge in [0.05, 0.1) is 6.54 Å². The van der Waals surface area contributed by atoms with Gasteiger partial charge in [-0.3, -0.25) is 0 Å². The molecular weight excluding hydrogens is 298 g/mol. The molecule has 0 amide bonds. The van der Waals surface area contributed by atoms with Crippen molar-refractivity contribution in [3.8, 4) is 0 Å². The second-order valence-electron chi connectivity index (χ2n) is 6.52. The van der Waals surface area contributed by atoms with Gasteiger partial charge in [-0.1, -0.05) is 13.3 Å². The fourth-order valence-electron chi connectivity index (χ4n) is 2.99. The highest BCUT2D eigenvalue weighted by Crippen LogP contribution is 2.18. The Morgan fingerprint density at radius 3 is 2.79 bits per heavy atom. The van der Waals surface area contributed by atoms with Crippen molar-refractivity contribution in [3.05, 3.63) is 23.9 Å². The fraction of sp³-hybridized carbons (Fsp3) is 0.684.